The summed E-state index contributed by atoms with van der Waals surface area (Å²) >= 11 is 1.88. The van der Waals surface area contributed by atoms with E-state index in [1.165, 1.54) is 41.8 Å². The molecule has 1 fully saturated rings. The first-order chi connectivity index (χ1) is 9.31. The molecule has 0 bridgehead atoms. The van der Waals surface area contributed by atoms with Crippen LogP contribution in [0.1, 0.15) is 37.1 Å². The summed E-state index contributed by atoms with van der Waals surface area (Å²) in [6.45, 7) is 1.13. The number of fused-ring (bicyclic) bond motifs is 1. The summed E-state index contributed by atoms with van der Waals surface area (Å²) in [7, 11) is 2.08. The van der Waals surface area contributed by atoms with E-state index in [-0.39, 0.29) is 0 Å². The highest BCUT2D eigenvalue weighted by atomic mass is 32.1. The highest BCUT2D eigenvalue weighted by Gasteiger charge is 2.32. The summed E-state index contributed by atoms with van der Waals surface area (Å²) in [4.78, 5) is 4.82. The molecule has 3 heteroatoms. The van der Waals surface area contributed by atoms with Crippen LogP contribution in [0.3, 0.4) is 0 Å². The third-order valence-electron chi connectivity index (χ3n) is 4.33. The number of aromatic nitrogens is 1. The van der Waals surface area contributed by atoms with Gasteiger partial charge in [0.15, 0.2) is 0 Å². The maximum Gasteiger partial charge on any atom is 0.0944 e. The van der Waals surface area contributed by atoms with E-state index >= 15 is 0 Å². The topological polar surface area (TPSA) is 24.9 Å². The molecule has 0 unspecified atom stereocenters. The van der Waals surface area contributed by atoms with Gasteiger partial charge >= 0.3 is 0 Å². The maximum atomic E-state index is 4.82. The molecule has 0 atom stereocenters. The van der Waals surface area contributed by atoms with Gasteiger partial charge in [0.2, 0.25) is 0 Å². The monoisotopic (exact) mass is 274 g/mol. The number of hydrogen-bond donors (Lipinski definition) is 1. The molecule has 3 rings (SSSR count). The SMILES string of the molecule is CNCC1(Cc2nc3ccccc3s2)CCCCC1. The Morgan fingerprint density at radius 2 is 2.00 bits per heavy atom. The van der Waals surface area contributed by atoms with Crippen LogP contribution in [-0.4, -0.2) is 18.6 Å². The molecule has 0 saturated heterocycles. The summed E-state index contributed by atoms with van der Waals surface area (Å²) < 4.78 is 1.33. The first-order valence-corrected chi connectivity index (χ1v) is 8.12. The molecule has 2 nitrogen and oxygen atoms in total. The molecular weight excluding hydrogens is 252 g/mol. The van der Waals surface area contributed by atoms with Gasteiger partial charge in [-0.05, 0) is 37.4 Å². The predicted molar refractivity (Wildman–Crippen MR) is 82.8 cm³/mol. The molecule has 0 amide bonds. The minimum Gasteiger partial charge on any atom is -0.319 e. The molecule has 102 valence electrons. The quantitative estimate of drug-likeness (QED) is 0.911. The van der Waals surface area contributed by atoms with Crippen LogP contribution in [0.15, 0.2) is 24.3 Å². The Balaban J connectivity index is 1.84. The average molecular weight is 274 g/mol. The Labute approximate surface area is 119 Å². The lowest BCUT2D eigenvalue weighted by Crippen LogP contribution is -2.36. The van der Waals surface area contributed by atoms with E-state index in [4.69, 9.17) is 4.98 Å². The largest absolute Gasteiger partial charge is 0.319 e. The van der Waals surface area contributed by atoms with Crippen LogP contribution in [0, 0.1) is 5.41 Å². The number of para-hydroxylation sites is 1. The van der Waals surface area contributed by atoms with Crippen molar-refractivity contribution >= 4 is 21.6 Å². The van der Waals surface area contributed by atoms with Crippen molar-refractivity contribution in [3.8, 4) is 0 Å². The van der Waals surface area contributed by atoms with Gasteiger partial charge in [0.1, 0.15) is 0 Å². The molecule has 1 saturated carbocycles. The summed E-state index contributed by atoms with van der Waals surface area (Å²) in [6.07, 6.45) is 8.02. The third-order valence-corrected chi connectivity index (χ3v) is 5.37. The van der Waals surface area contributed by atoms with Gasteiger partial charge in [0.25, 0.3) is 0 Å². The van der Waals surface area contributed by atoms with Gasteiger partial charge in [0, 0.05) is 13.0 Å². The zero-order chi connectivity index (χ0) is 13.1. The van der Waals surface area contributed by atoms with Gasteiger partial charge in [-0.2, -0.15) is 0 Å². The normalized spacial score (nSPS) is 18.8. The maximum absolute atomic E-state index is 4.82. The summed E-state index contributed by atoms with van der Waals surface area (Å²) in [6, 6.07) is 8.49. The second-order valence-electron chi connectivity index (χ2n) is 5.84. The first-order valence-electron chi connectivity index (χ1n) is 7.30. The van der Waals surface area contributed by atoms with Crippen LogP contribution in [-0.2, 0) is 6.42 Å². The molecule has 0 aliphatic heterocycles. The van der Waals surface area contributed by atoms with Crippen LogP contribution in [0.25, 0.3) is 10.2 Å². The van der Waals surface area contributed by atoms with Crippen LogP contribution >= 0.6 is 11.3 Å². The van der Waals surface area contributed by atoms with Gasteiger partial charge in [-0.3, -0.25) is 0 Å². The smallest absolute Gasteiger partial charge is 0.0944 e. The van der Waals surface area contributed by atoms with Crippen molar-refractivity contribution in [1.29, 1.82) is 0 Å². The van der Waals surface area contributed by atoms with E-state index < -0.39 is 0 Å². The fraction of sp³-hybridized carbons (Fsp3) is 0.562. The van der Waals surface area contributed by atoms with E-state index in [1.54, 1.807) is 0 Å². The van der Waals surface area contributed by atoms with E-state index in [0.717, 1.165) is 18.5 Å². The lowest BCUT2D eigenvalue weighted by molar-refractivity contribution is 0.185. The fourth-order valence-corrected chi connectivity index (χ4v) is 4.55. The Hall–Kier alpha value is -0.930. The van der Waals surface area contributed by atoms with Crippen molar-refractivity contribution in [3.63, 3.8) is 0 Å². The Morgan fingerprint density at radius 1 is 1.21 bits per heavy atom. The van der Waals surface area contributed by atoms with Gasteiger partial charge in [-0.25, -0.2) is 4.98 Å². The first kappa shape index (κ1) is 13.1. The molecule has 1 aliphatic rings. The average Bonchev–Trinajstić information content (AvgIpc) is 2.81. The fourth-order valence-electron chi connectivity index (χ4n) is 3.41. The van der Waals surface area contributed by atoms with Crippen molar-refractivity contribution in [2.24, 2.45) is 5.41 Å². The molecule has 0 radical (unpaired) electrons. The van der Waals surface area contributed by atoms with Crippen molar-refractivity contribution in [3.05, 3.63) is 29.3 Å². The van der Waals surface area contributed by atoms with Gasteiger partial charge in [-0.15, -0.1) is 11.3 Å². The number of hydrogen-bond acceptors (Lipinski definition) is 3. The lowest BCUT2D eigenvalue weighted by Gasteiger charge is -2.36. The Morgan fingerprint density at radius 3 is 2.74 bits per heavy atom. The van der Waals surface area contributed by atoms with Crippen LogP contribution in [0.2, 0.25) is 0 Å². The van der Waals surface area contributed by atoms with E-state index in [2.05, 4.69) is 36.6 Å². The zero-order valence-corrected chi connectivity index (χ0v) is 12.4. The van der Waals surface area contributed by atoms with Crippen molar-refractivity contribution in [2.45, 2.75) is 38.5 Å². The summed E-state index contributed by atoms with van der Waals surface area (Å²) in [5, 5.41) is 4.73. The highest BCUT2D eigenvalue weighted by Crippen LogP contribution is 2.40. The standard InChI is InChI=1S/C16H22N2S/c1-17-12-16(9-5-2-6-10-16)11-15-18-13-7-3-4-8-14(13)19-15/h3-4,7-8,17H,2,5-6,9-12H2,1H3. The Bertz CT molecular complexity index is 502. The van der Waals surface area contributed by atoms with Crippen molar-refractivity contribution < 1.29 is 0 Å². The summed E-state index contributed by atoms with van der Waals surface area (Å²) in [5.41, 5.74) is 1.61. The minimum atomic E-state index is 0.445. The number of thiazole rings is 1. The zero-order valence-electron chi connectivity index (χ0n) is 11.6. The second-order valence-corrected chi connectivity index (χ2v) is 6.96. The van der Waals surface area contributed by atoms with E-state index in [9.17, 15) is 0 Å². The molecule has 1 aromatic carbocycles. The highest BCUT2D eigenvalue weighted by molar-refractivity contribution is 7.18. The van der Waals surface area contributed by atoms with Crippen molar-refractivity contribution in [1.82, 2.24) is 10.3 Å². The lowest BCUT2D eigenvalue weighted by atomic mass is 9.72. The number of nitrogens with one attached hydrogen (secondary N) is 1. The molecule has 1 heterocycles. The Kier molecular flexibility index (Phi) is 3.85. The van der Waals surface area contributed by atoms with E-state index in [1.807, 2.05) is 11.3 Å². The number of benzene rings is 1. The third kappa shape index (κ3) is 2.82. The van der Waals surface area contributed by atoms with Gasteiger partial charge < -0.3 is 5.32 Å². The molecular formula is C16H22N2S. The van der Waals surface area contributed by atoms with Crippen LogP contribution < -0.4 is 5.32 Å². The van der Waals surface area contributed by atoms with Gasteiger partial charge in [-0.1, -0.05) is 31.4 Å². The molecule has 0 spiro atoms. The second kappa shape index (κ2) is 5.59. The van der Waals surface area contributed by atoms with E-state index in [0.29, 0.717) is 5.41 Å². The summed E-state index contributed by atoms with van der Waals surface area (Å²) in [5.74, 6) is 0. The van der Waals surface area contributed by atoms with Crippen LogP contribution in [0.5, 0.6) is 0 Å². The number of rotatable bonds is 4. The van der Waals surface area contributed by atoms with Crippen LogP contribution in [0.4, 0.5) is 0 Å². The van der Waals surface area contributed by atoms with Gasteiger partial charge in [0.05, 0.1) is 15.2 Å². The number of nitrogens with zero attached hydrogens (tertiary/aromatic N) is 1. The predicted octanol–water partition coefficient (Wildman–Crippen LogP) is 4.01. The molecule has 1 aromatic heterocycles. The minimum absolute atomic E-state index is 0.445. The molecule has 1 N–H and O–H groups in total. The van der Waals surface area contributed by atoms with Crippen molar-refractivity contribution in [2.75, 3.05) is 13.6 Å². The molecule has 1 aliphatic carbocycles. The molecule has 19 heavy (non-hydrogen) atoms. The molecule has 2 aromatic rings.